The first kappa shape index (κ1) is 17.1. The van der Waals surface area contributed by atoms with Crippen LogP contribution in [0.3, 0.4) is 0 Å². The van der Waals surface area contributed by atoms with E-state index in [4.69, 9.17) is 9.84 Å². The van der Waals surface area contributed by atoms with Crippen LogP contribution in [0.5, 0.6) is 0 Å². The van der Waals surface area contributed by atoms with Crippen LogP contribution >= 0.6 is 12.1 Å². The maximum absolute atomic E-state index is 11.2. The van der Waals surface area contributed by atoms with E-state index in [1.54, 1.807) is 20.8 Å². The van der Waals surface area contributed by atoms with Crippen molar-refractivity contribution in [1.29, 1.82) is 0 Å². The zero-order valence-corrected chi connectivity index (χ0v) is 11.9. The van der Waals surface area contributed by atoms with Crippen molar-refractivity contribution in [2.45, 2.75) is 52.1 Å². The van der Waals surface area contributed by atoms with Gasteiger partial charge in [0, 0.05) is 25.1 Å². The SMILES string of the molecule is CC(C)(C)OC(=O)NSNCCCCCC(=O)O. The minimum Gasteiger partial charge on any atom is -0.481 e. The van der Waals surface area contributed by atoms with Crippen LogP contribution in [0.2, 0.25) is 0 Å². The Hall–Kier alpha value is -0.950. The number of aliphatic carboxylic acids is 1. The molecule has 0 radical (unpaired) electrons. The van der Waals surface area contributed by atoms with Crippen molar-refractivity contribution >= 4 is 24.2 Å². The van der Waals surface area contributed by atoms with Crippen LogP contribution in [-0.2, 0) is 9.53 Å². The van der Waals surface area contributed by atoms with E-state index in [-0.39, 0.29) is 6.42 Å². The van der Waals surface area contributed by atoms with E-state index in [0.717, 1.165) is 25.0 Å². The van der Waals surface area contributed by atoms with Gasteiger partial charge in [0.05, 0.1) is 0 Å². The topological polar surface area (TPSA) is 87.7 Å². The van der Waals surface area contributed by atoms with E-state index in [9.17, 15) is 9.59 Å². The molecule has 1 amide bonds. The number of carbonyl (C=O) groups is 2. The number of carbonyl (C=O) groups excluding carboxylic acids is 1. The lowest BCUT2D eigenvalue weighted by molar-refractivity contribution is -0.137. The van der Waals surface area contributed by atoms with Gasteiger partial charge < -0.3 is 9.84 Å². The fraction of sp³-hybridized carbons (Fsp3) is 0.818. The summed E-state index contributed by atoms with van der Waals surface area (Å²) < 4.78 is 10.5. The number of carboxylic acid groups (broad SMARTS) is 1. The first-order valence-electron chi connectivity index (χ1n) is 5.91. The highest BCUT2D eigenvalue weighted by molar-refractivity contribution is 7.96. The Morgan fingerprint density at radius 1 is 1.22 bits per heavy atom. The quantitative estimate of drug-likeness (QED) is 0.466. The molecule has 0 aliphatic carbocycles. The van der Waals surface area contributed by atoms with Gasteiger partial charge in [-0.3, -0.25) is 9.52 Å². The predicted molar refractivity (Wildman–Crippen MR) is 71.1 cm³/mol. The standard InChI is InChI=1S/C11H22N2O4S/c1-11(2,3)17-10(16)13-18-12-8-6-4-5-7-9(14)15/h12H,4-8H2,1-3H3,(H,13,16)(H,14,15). The van der Waals surface area contributed by atoms with Crippen LogP contribution in [0.1, 0.15) is 46.5 Å². The number of unbranched alkanes of at least 4 members (excludes halogenated alkanes) is 2. The number of rotatable bonds is 8. The molecule has 106 valence electrons. The van der Waals surface area contributed by atoms with Crippen molar-refractivity contribution in [3.63, 3.8) is 0 Å². The Bertz CT molecular complexity index is 266. The zero-order valence-electron chi connectivity index (χ0n) is 11.1. The van der Waals surface area contributed by atoms with E-state index < -0.39 is 17.7 Å². The number of carboxylic acids is 1. The Morgan fingerprint density at radius 3 is 2.44 bits per heavy atom. The minimum absolute atomic E-state index is 0.212. The van der Waals surface area contributed by atoms with E-state index in [0.29, 0.717) is 13.0 Å². The molecule has 0 aromatic carbocycles. The second-order valence-electron chi connectivity index (χ2n) is 4.80. The number of amides is 1. The van der Waals surface area contributed by atoms with E-state index in [1.807, 2.05) is 0 Å². The average Bonchev–Trinajstić information content (AvgIpc) is 2.18. The second kappa shape index (κ2) is 9.04. The smallest absolute Gasteiger partial charge is 0.418 e. The highest BCUT2D eigenvalue weighted by Gasteiger charge is 2.15. The van der Waals surface area contributed by atoms with Gasteiger partial charge in [-0.05, 0) is 33.6 Å². The van der Waals surface area contributed by atoms with Crippen molar-refractivity contribution in [3.8, 4) is 0 Å². The van der Waals surface area contributed by atoms with Gasteiger partial charge in [-0.2, -0.15) is 0 Å². The van der Waals surface area contributed by atoms with Gasteiger partial charge in [0.25, 0.3) is 0 Å². The maximum atomic E-state index is 11.2. The molecule has 0 aromatic heterocycles. The Morgan fingerprint density at radius 2 is 1.89 bits per heavy atom. The van der Waals surface area contributed by atoms with Gasteiger partial charge in [0.2, 0.25) is 0 Å². The summed E-state index contributed by atoms with van der Waals surface area (Å²) in [4.78, 5) is 21.5. The molecular formula is C11H22N2O4S. The lowest BCUT2D eigenvalue weighted by atomic mass is 10.2. The molecule has 3 N–H and O–H groups in total. The zero-order chi connectivity index (χ0) is 14.0. The Labute approximate surface area is 112 Å². The van der Waals surface area contributed by atoms with Crippen LogP contribution in [0.4, 0.5) is 4.79 Å². The second-order valence-corrected chi connectivity index (χ2v) is 5.50. The summed E-state index contributed by atoms with van der Waals surface area (Å²) in [7, 11) is 0. The molecule has 0 aliphatic rings. The normalized spacial score (nSPS) is 11.1. The first-order valence-corrected chi connectivity index (χ1v) is 6.72. The summed E-state index contributed by atoms with van der Waals surface area (Å²) in [6, 6.07) is 0. The molecule has 0 atom stereocenters. The number of hydrogen-bond acceptors (Lipinski definition) is 5. The summed E-state index contributed by atoms with van der Waals surface area (Å²) in [6.45, 7) is 6.10. The number of nitrogens with one attached hydrogen (secondary N) is 2. The Kier molecular flexibility index (Phi) is 8.57. The summed E-state index contributed by atoms with van der Waals surface area (Å²) in [6.07, 6.45) is 2.14. The molecular weight excluding hydrogens is 256 g/mol. The van der Waals surface area contributed by atoms with E-state index in [2.05, 4.69) is 9.44 Å². The number of hydrogen-bond donors (Lipinski definition) is 3. The van der Waals surface area contributed by atoms with Gasteiger partial charge in [0.1, 0.15) is 5.60 Å². The van der Waals surface area contributed by atoms with Gasteiger partial charge >= 0.3 is 12.1 Å². The van der Waals surface area contributed by atoms with Gasteiger partial charge in [-0.25, -0.2) is 9.52 Å². The predicted octanol–water partition coefficient (Wildman–Crippen LogP) is 2.31. The van der Waals surface area contributed by atoms with Gasteiger partial charge in [-0.15, -0.1) is 0 Å². The van der Waals surface area contributed by atoms with Crippen molar-refractivity contribution in [2.75, 3.05) is 6.54 Å². The summed E-state index contributed by atoms with van der Waals surface area (Å²) >= 11 is 1.08. The fourth-order valence-electron chi connectivity index (χ4n) is 1.08. The summed E-state index contributed by atoms with van der Waals surface area (Å²) in [5.41, 5.74) is -0.499. The van der Waals surface area contributed by atoms with Crippen LogP contribution in [0.15, 0.2) is 0 Å². The molecule has 6 nitrogen and oxygen atoms in total. The lowest BCUT2D eigenvalue weighted by Crippen LogP contribution is -2.30. The maximum Gasteiger partial charge on any atom is 0.418 e. The largest absolute Gasteiger partial charge is 0.481 e. The third-order valence-corrected chi connectivity index (χ3v) is 2.39. The van der Waals surface area contributed by atoms with Crippen molar-refractivity contribution < 1.29 is 19.4 Å². The van der Waals surface area contributed by atoms with Crippen molar-refractivity contribution in [3.05, 3.63) is 0 Å². The average molecular weight is 278 g/mol. The van der Waals surface area contributed by atoms with Crippen LogP contribution in [-0.4, -0.2) is 29.3 Å². The molecule has 0 rings (SSSR count). The highest BCUT2D eigenvalue weighted by Crippen LogP contribution is 2.07. The Balaban J connectivity index is 3.30. The molecule has 0 saturated heterocycles. The van der Waals surface area contributed by atoms with Gasteiger partial charge in [-0.1, -0.05) is 6.42 Å². The minimum atomic E-state index is -0.760. The summed E-state index contributed by atoms with van der Waals surface area (Å²) in [5, 5.41) is 8.43. The van der Waals surface area contributed by atoms with Crippen LogP contribution < -0.4 is 9.44 Å². The molecule has 0 spiro atoms. The van der Waals surface area contributed by atoms with Crippen LogP contribution in [0.25, 0.3) is 0 Å². The molecule has 0 aliphatic heterocycles. The molecule has 0 fully saturated rings. The molecule has 0 saturated carbocycles. The first-order chi connectivity index (χ1) is 8.31. The number of ether oxygens (including phenoxy) is 1. The molecule has 0 bridgehead atoms. The fourth-order valence-corrected chi connectivity index (χ4v) is 1.52. The third-order valence-electron chi connectivity index (χ3n) is 1.77. The van der Waals surface area contributed by atoms with Crippen molar-refractivity contribution in [2.24, 2.45) is 0 Å². The van der Waals surface area contributed by atoms with Crippen molar-refractivity contribution in [1.82, 2.24) is 9.44 Å². The lowest BCUT2D eigenvalue weighted by Gasteiger charge is -2.19. The van der Waals surface area contributed by atoms with E-state index in [1.165, 1.54) is 0 Å². The summed E-state index contributed by atoms with van der Waals surface area (Å²) in [5.74, 6) is -0.760. The van der Waals surface area contributed by atoms with Gasteiger partial charge in [0.15, 0.2) is 0 Å². The molecule has 0 heterocycles. The monoisotopic (exact) mass is 278 g/mol. The molecule has 7 heteroatoms. The molecule has 0 aromatic rings. The molecule has 18 heavy (non-hydrogen) atoms. The van der Waals surface area contributed by atoms with Crippen LogP contribution in [0, 0.1) is 0 Å². The van der Waals surface area contributed by atoms with E-state index >= 15 is 0 Å². The highest BCUT2D eigenvalue weighted by atomic mass is 32.2. The third kappa shape index (κ3) is 13.1. The molecule has 0 unspecified atom stereocenters.